The van der Waals surface area contributed by atoms with E-state index in [0.717, 1.165) is 22.6 Å². The van der Waals surface area contributed by atoms with Gasteiger partial charge in [-0.1, -0.05) is 74.5 Å². The minimum absolute atomic E-state index is 0.0604. The predicted octanol–water partition coefficient (Wildman–Crippen LogP) is 6.65. The number of ketones is 1. The van der Waals surface area contributed by atoms with Gasteiger partial charge in [-0.15, -0.1) is 10.2 Å². The van der Waals surface area contributed by atoms with Crippen molar-refractivity contribution in [1.82, 2.24) is 14.8 Å². The lowest BCUT2D eigenvalue weighted by Gasteiger charge is -2.19. The van der Waals surface area contributed by atoms with Crippen LogP contribution in [0.25, 0.3) is 17.1 Å². The topological polar surface area (TPSA) is 47.8 Å². The zero-order valence-electron chi connectivity index (χ0n) is 19.2. The van der Waals surface area contributed by atoms with Crippen molar-refractivity contribution in [3.05, 3.63) is 95.3 Å². The second-order valence-corrected chi connectivity index (χ2v) is 9.97. The van der Waals surface area contributed by atoms with Gasteiger partial charge in [0.1, 0.15) is 5.82 Å². The highest BCUT2D eigenvalue weighted by Gasteiger charge is 2.19. The van der Waals surface area contributed by atoms with Gasteiger partial charge in [-0.3, -0.25) is 9.36 Å². The van der Waals surface area contributed by atoms with E-state index in [9.17, 15) is 9.18 Å². The van der Waals surface area contributed by atoms with Gasteiger partial charge in [-0.05, 0) is 54.3 Å². The third-order valence-electron chi connectivity index (χ3n) is 5.43. The van der Waals surface area contributed by atoms with Gasteiger partial charge in [0.2, 0.25) is 0 Å². The van der Waals surface area contributed by atoms with Crippen LogP contribution < -0.4 is 0 Å². The monoisotopic (exact) mass is 459 g/mol. The molecule has 1 aromatic heterocycles. The molecule has 0 aliphatic rings. The van der Waals surface area contributed by atoms with Gasteiger partial charge < -0.3 is 0 Å². The van der Waals surface area contributed by atoms with Crippen LogP contribution in [-0.4, -0.2) is 26.3 Å². The summed E-state index contributed by atoms with van der Waals surface area (Å²) >= 11 is 1.32. The predicted molar refractivity (Wildman–Crippen MR) is 132 cm³/mol. The number of rotatable bonds is 6. The first-order valence-electron chi connectivity index (χ1n) is 10.8. The van der Waals surface area contributed by atoms with E-state index < -0.39 is 0 Å². The summed E-state index contributed by atoms with van der Waals surface area (Å²) in [5.41, 5.74) is 4.81. The zero-order valence-corrected chi connectivity index (χ0v) is 20.0. The third-order valence-corrected chi connectivity index (χ3v) is 6.36. The van der Waals surface area contributed by atoms with Crippen molar-refractivity contribution < 1.29 is 9.18 Å². The molecule has 0 saturated carbocycles. The first-order valence-corrected chi connectivity index (χ1v) is 11.8. The lowest BCUT2D eigenvalue weighted by atomic mass is 9.87. The number of hydrogen-bond acceptors (Lipinski definition) is 4. The fourth-order valence-electron chi connectivity index (χ4n) is 3.45. The van der Waals surface area contributed by atoms with Crippen LogP contribution in [0.15, 0.2) is 78.0 Å². The molecule has 0 unspecified atom stereocenters. The number of thioether (sulfide) groups is 1. The summed E-state index contributed by atoms with van der Waals surface area (Å²) in [4.78, 5) is 12.6. The molecule has 6 heteroatoms. The van der Waals surface area contributed by atoms with Crippen LogP contribution in [0.1, 0.15) is 42.3 Å². The smallest absolute Gasteiger partial charge is 0.196 e. The molecule has 0 saturated heterocycles. The highest BCUT2D eigenvalue weighted by molar-refractivity contribution is 7.99. The highest BCUT2D eigenvalue weighted by atomic mass is 32.2. The van der Waals surface area contributed by atoms with E-state index in [1.165, 1.54) is 41.6 Å². The first-order chi connectivity index (χ1) is 15.7. The molecule has 33 heavy (non-hydrogen) atoms. The standard InChI is InChI=1S/C27H26FN3OS/c1-18-5-15-23(16-6-18)31-25(20-7-11-21(12-8-20)27(2,3)4)29-30-26(31)33-17-24(32)19-9-13-22(28)14-10-19/h5-16H,17H2,1-4H3. The van der Waals surface area contributed by atoms with Gasteiger partial charge in [0.25, 0.3) is 0 Å². The molecule has 0 spiro atoms. The molecule has 4 nitrogen and oxygen atoms in total. The number of hydrogen-bond donors (Lipinski definition) is 0. The van der Waals surface area contributed by atoms with Crippen LogP contribution in [0.5, 0.6) is 0 Å². The Hall–Kier alpha value is -3.25. The second kappa shape index (κ2) is 9.32. The van der Waals surface area contributed by atoms with Crippen LogP contribution in [-0.2, 0) is 5.41 Å². The number of aromatic nitrogens is 3. The molecule has 0 fully saturated rings. The van der Waals surface area contributed by atoms with E-state index in [-0.39, 0.29) is 22.8 Å². The van der Waals surface area contributed by atoms with Crippen molar-refractivity contribution in [2.24, 2.45) is 0 Å². The van der Waals surface area contributed by atoms with Crippen LogP contribution >= 0.6 is 11.8 Å². The normalized spacial score (nSPS) is 11.5. The van der Waals surface area contributed by atoms with E-state index >= 15 is 0 Å². The van der Waals surface area contributed by atoms with Crippen LogP contribution in [0.4, 0.5) is 4.39 Å². The number of aryl methyl sites for hydroxylation is 1. The van der Waals surface area contributed by atoms with Crippen LogP contribution in [0.2, 0.25) is 0 Å². The maximum absolute atomic E-state index is 13.2. The molecule has 1 heterocycles. The minimum atomic E-state index is -0.361. The number of Topliss-reactive ketones (excluding diaryl/α,β-unsaturated/α-hetero) is 1. The van der Waals surface area contributed by atoms with Crippen molar-refractivity contribution in [3.63, 3.8) is 0 Å². The van der Waals surface area contributed by atoms with Gasteiger partial charge in [-0.25, -0.2) is 4.39 Å². The summed E-state index contributed by atoms with van der Waals surface area (Å²) in [6.07, 6.45) is 0. The molecule has 0 aliphatic carbocycles. The number of nitrogens with zero attached hydrogens (tertiary/aromatic N) is 3. The van der Waals surface area contributed by atoms with Gasteiger partial charge >= 0.3 is 0 Å². The quantitative estimate of drug-likeness (QED) is 0.239. The lowest BCUT2D eigenvalue weighted by molar-refractivity contribution is 0.102. The third kappa shape index (κ3) is 5.22. The number of carbonyl (C=O) groups excluding carboxylic acids is 1. The van der Waals surface area contributed by atoms with Crippen molar-refractivity contribution >= 4 is 17.5 Å². The molecule has 4 aromatic rings. The van der Waals surface area contributed by atoms with E-state index in [1.54, 1.807) is 0 Å². The summed E-state index contributed by atoms with van der Waals surface area (Å²) in [5.74, 6) is 0.449. The molecule has 0 aliphatic heterocycles. The SMILES string of the molecule is Cc1ccc(-n2c(SCC(=O)c3ccc(F)cc3)nnc2-c2ccc(C(C)(C)C)cc2)cc1. The average molecular weight is 460 g/mol. The fourth-order valence-corrected chi connectivity index (χ4v) is 4.29. The van der Waals surface area contributed by atoms with Gasteiger partial charge in [0.15, 0.2) is 16.8 Å². The molecular weight excluding hydrogens is 433 g/mol. The Morgan fingerprint density at radius 2 is 1.55 bits per heavy atom. The van der Waals surface area contributed by atoms with Crippen LogP contribution in [0, 0.1) is 12.7 Å². The molecule has 0 amide bonds. The van der Waals surface area contributed by atoms with E-state index in [2.05, 4.69) is 55.2 Å². The average Bonchev–Trinajstić information content (AvgIpc) is 3.22. The zero-order chi connectivity index (χ0) is 23.6. The molecular formula is C27H26FN3OS. The minimum Gasteiger partial charge on any atom is -0.293 e. The molecule has 0 N–H and O–H groups in total. The van der Waals surface area contributed by atoms with E-state index in [1.807, 2.05) is 35.8 Å². The molecule has 0 atom stereocenters. The first kappa shape index (κ1) is 22.9. The van der Waals surface area contributed by atoms with Crippen molar-refractivity contribution in [1.29, 1.82) is 0 Å². The lowest BCUT2D eigenvalue weighted by Crippen LogP contribution is -2.10. The Bertz CT molecular complexity index is 1250. The highest BCUT2D eigenvalue weighted by Crippen LogP contribution is 2.30. The number of carbonyl (C=O) groups is 1. The summed E-state index contributed by atoms with van der Waals surface area (Å²) in [7, 11) is 0. The summed E-state index contributed by atoms with van der Waals surface area (Å²) in [6, 6.07) is 22.1. The number of benzene rings is 3. The maximum Gasteiger partial charge on any atom is 0.196 e. The Labute approximate surface area is 197 Å². The van der Waals surface area contributed by atoms with Gasteiger partial charge in [0, 0.05) is 16.8 Å². The largest absolute Gasteiger partial charge is 0.293 e. The van der Waals surface area contributed by atoms with Crippen LogP contribution in [0.3, 0.4) is 0 Å². The fraction of sp³-hybridized carbons (Fsp3) is 0.222. The van der Waals surface area contributed by atoms with Crippen molar-refractivity contribution in [3.8, 4) is 17.1 Å². The number of halogens is 1. The summed E-state index contributed by atoms with van der Waals surface area (Å²) in [5, 5.41) is 9.51. The Morgan fingerprint density at radius 1 is 0.909 bits per heavy atom. The summed E-state index contributed by atoms with van der Waals surface area (Å²) in [6.45, 7) is 8.59. The van der Waals surface area contributed by atoms with Crippen molar-refractivity contribution in [2.45, 2.75) is 38.3 Å². The maximum atomic E-state index is 13.2. The van der Waals surface area contributed by atoms with Gasteiger partial charge in [-0.2, -0.15) is 0 Å². The Balaban J connectivity index is 1.67. The van der Waals surface area contributed by atoms with E-state index in [0.29, 0.717) is 10.7 Å². The van der Waals surface area contributed by atoms with Crippen molar-refractivity contribution in [2.75, 3.05) is 5.75 Å². The second-order valence-electron chi connectivity index (χ2n) is 9.02. The molecule has 3 aromatic carbocycles. The molecule has 0 bridgehead atoms. The Morgan fingerprint density at radius 3 is 2.15 bits per heavy atom. The molecule has 0 radical (unpaired) electrons. The van der Waals surface area contributed by atoms with Gasteiger partial charge in [0.05, 0.1) is 5.75 Å². The Kier molecular flexibility index (Phi) is 6.47. The van der Waals surface area contributed by atoms with E-state index in [4.69, 9.17) is 0 Å². The molecule has 4 rings (SSSR count). The summed E-state index contributed by atoms with van der Waals surface area (Å²) < 4.78 is 15.2. The molecule has 168 valence electrons.